The number of carbonyl (C=O) groups is 1. The Kier molecular flexibility index (Phi) is 5.88. The molecule has 3 aromatic carbocycles. The second kappa shape index (κ2) is 8.45. The maximum absolute atomic E-state index is 12.9. The van der Waals surface area contributed by atoms with E-state index in [-0.39, 0.29) is 12.0 Å². The molecule has 0 spiro atoms. The predicted molar refractivity (Wildman–Crippen MR) is 121 cm³/mol. The van der Waals surface area contributed by atoms with Crippen LogP contribution in [0.15, 0.2) is 76.1 Å². The van der Waals surface area contributed by atoms with Gasteiger partial charge < -0.3 is 10.2 Å². The molecule has 0 unspecified atom stereocenters. The number of benzene rings is 3. The van der Waals surface area contributed by atoms with Gasteiger partial charge in [-0.3, -0.25) is 0 Å². The third-order valence-corrected chi connectivity index (χ3v) is 7.43. The Labute approximate surface area is 188 Å². The Morgan fingerprint density at radius 3 is 2.23 bits per heavy atom. The first-order chi connectivity index (χ1) is 14.7. The first-order valence-electron chi connectivity index (χ1n) is 9.65. The average Bonchev–Trinajstić information content (AvgIpc) is 3.37. The molecule has 0 amide bonds. The van der Waals surface area contributed by atoms with Crippen molar-refractivity contribution in [3.05, 3.63) is 87.9 Å². The van der Waals surface area contributed by atoms with Crippen molar-refractivity contribution < 1.29 is 23.4 Å². The van der Waals surface area contributed by atoms with Gasteiger partial charge in [-0.1, -0.05) is 58.4 Å². The molecule has 2 aliphatic carbocycles. The van der Waals surface area contributed by atoms with Crippen molar-refractivity contribution in [1.82, 2.24) is 4.72 Å². The highest BCUT2D eigenvalue weighted by Crippen LogP contribution is 2.42. The van der Waals surface area contributed by atoms with Gasteiger partial charge in [0.1, 0.15) is 0 Å². The zero-order chi connectivity index (χ0) is 22.2. The molecular weight excluding hydrogens is 482 g/mol. The van der Waals surface area contributed by atoms with Crippen LogP contribution in [-0.4, -0.2) is 30.8 Å². The number of nitrogens with one attached hydrogen (secondary N) is 1. The second-order valence-electron chi connectivity index (χ2n) is 7.56. The van der Waals surface area contributed by atoms with Gasteiger partial charge in [0.25, 0.3) is 0 Å². The summed E-state index contributed by atoms with van der Waals surface area (Å²) in [4.78, 5) is 8.91. The zero-order valence-electron chi connectivity index (χ0n) is 16.3. The van der Waals surface area contributed by atoms with Crippen molar-refractivity contribution in [1.29, 1.82) is 0 Å². The van der Waals surface area contributed by atoms with Gasteiger partial charge in [0.2, 0.25) is 10.0 Å². The summed E-state index contributed by atoms with van der Waals surface area (Å²) in [6, 6.07) is 21.8. The molecule has 2 atom stereocenters. The van der Waals surface area contributed by atoms with Crippen LogP contribution in [0.5, 0.6) is 0 Å². The van der Waals surface area contributed by atoms with E-state index in [1.54, 1.807) is 6.07 Å². The average molecular weight is 502 g/mol. The Bertz CT molecular complexity index is 1240. The standard InChI is InChI=1S/C22H18BrNO2S.CH2O3/c23-17-6-8-19-15(11-17)10-16-12-18(7-9-20(16)19)27(25,26)24-22-13-21(22)14-4-2-1-3-5-14;2-1(3)4/h1-9,11-12,21-22,24H,10,13H2;(H2,2,3,4)/t21-,22+;/m0./s1. The van der Waals surface area contributed by atoms with E-state index >= 15 is 0 Å². The molecule has 0 bridgehead atoms. The lowest BCUT2D eigenvalue weighted by atomic mass is 10.1. The Balaban J connectivity index is 0.000000535. The van der Waals surface area contributed by atoms with Gasteiger partial charge in [-0.25, -0.2) is 17.9 Å². The van der Waals surface area contributed by atoms with Gasteiger partial charge in [0.15, 0.2) is 0 Å². The van der Waals surface area contributed by atoms with Crippen molar-refractivity contribution in [2.75, 3.05) is 0 Å². The fourth-order valence-corrected chi connectivity index (χ4v) is 5.73. The number of hydrogen-bond acceptors (Lipinski definition) is 3. The quantitative estimate of drug-likeness (QED) is 0.361. The van der Waals surface area contributed by atoms with Crippen molar-refractivity contribution in [3.63, 3.8) is 0 Å². The third kappa shape index (κ3) is 4.81. The van der Waals surface area contributed by atoms with Crippen LogP contribution >= 0.6 is 15.9 Å². The van der Waals surface area contributed by atoms with Gasteiger partial charge in [-0.15, -0.1) is 0 Å². The molecular formula is C23H20BrNO5S. The summed E-state index contributed by atoms with van der Waals surface area (Å²) in [5.41, 5.74) is 5.82. The number of hydrogen-bond donors (Lipinski definition) is 3. The predicted octanol–water partition coefficient (Wildman–Crippen LogP) is 5.08. The second-order valence-corrected chi connectivity index (χ2v) is 10.2. The van der Waals surface area contributed by atoms with E-state index in [1.807, 2.05) is 36.4 Å². The van der Waals surface area contributed by atoms with E-state index in [1.165, 1.54) is 16.7 Å². The van der Waals surface area contributed by atoms with Gasteiger partial charge in [-0.05, 0) is 64.9 Å². The van der Waals surface area contributed by atoms with E-state index in [0.717, 1.165) is 28.4 Å². The van der Waals surface area contributed by atoms with E-state index < -0.39 is 16.2 Å². The summed E-state index contributed by atoms with van der Waals surface area (Å²) >= 11 is 3.51. The fourth-order valence-electron chi connectivity index (χ4n) is 3.98. The number of fused-ring (bicyclic) bond motifs is 3. The molecule has 3 N–H and O–H groups in total. The molecule has 8 heteroatoms. The van der Waals surface area contributed by atoms with E-state index in [0.29, 0.717) is 4.90 Å². The Hall–Kier alpha value is -2.68. The molecule has 2 aliphatic rings. The summed E-state index contributed by atoms with van der Waals surface area (Å²) in [6.45, 7) is 0. The summed E-state index contributed by atoms with van der Waals surface area (Å²) in [6.07, 6.45) is -0.211. The Morgan fingerprint density at radius 2 is 1.55 bits per heavy atom. The topological polar surface area (TPSA) is 104 Å². The molecule has 3 aromatic rings. The van der Waals surface area contributed by atoms with Crippen LogP contribution in [0.4, 0.5) is 4.79 Å². The minimum Gasteiger partial charge on any atom is -0.450 e. The SMILES string of the molecule is O=C(O)O.O=S(=O)(N[C@@H]1C[C@H]1c1ccccc1)c1ccc2c(c1)Cc1cc(Br)ccc1-2. The number of sulfonamides is 1. The van der Waals surface area contributed by atoms with Gasteiger partial charge in [-0.2, -0.15) is 0 Å². The highest BCUT2D eigenvalue weighted by Gasteiger charge is 2.41. The molecule has 1 saturated carbocycles. The molecule has 160 valence electrons. The number of carboxylic acid groups (broad SMARTS) is 2. The minimum absolute atomic E-state index is 0.0150. The summed E-state index contributed by atoms with van der Waals surface area (Å²) in [5.74, 6) is 0.275. The molecule has 0 heterocycles. The molecule has 1 fully saturated rings. The molecule has 0 aliphatic heterocycles. The normalized spacial score (nSPS) is 18.4. The van der Waals surface area contributed by atoms with Crippen LogP contribution in [0, 0.1) is 0 Å². The lowest BCUT2D eigenvalue weighted by Gasteiger charge is -2.09. The van der Waals surface area contributed by atoms with Crippen LogP contribution in [-0.2, 0) is 16.4 Å². The zero-order valence-corrected chi connectivity index (χ0v) is 18.7. The van der Waals surface area contributed by atoms with Crippen molar-refractivity contribution >= 4 is 32.1 Å². The monoisotopic (exact) mass is 501 g/mol. The number of halogens is 1. The third-order valence-electron chi connectivity index (χ3n) is 5.45. The summed E-state index contributed by atoms with van der Waals surface area (Å²) < 4.78 is 29.7. The smallest absolute Gasteiger partial charge is 0.450 e. The van der Waals surface area contributed by atoms with Gasteiger partial charge in [0, 0.05) is 16.4 Å². The maximum atomic E-state index is 12.9. The lowest BCUT2D eigenvalue weighted by molar-refractivity contribution is 0.137. The number of rotatable bonds is 4. The van der Waals surface area contributed by atoms with E-state index in [9.17, 15) is 8.42 Å². The highest BCUT2D eigenvalue weighted by atomic mass is 79.9. The largest absolute Gasteiger partial charge is 0.503 e. The minimum atomic E-state index is -3.51. The summed E-state index contributed by atoms with van der Waals surface area (Å²) in [7, 11) is -3.51. The fraction of sp³-hybridized carbons (Fsp3) is 0.174. The van der Waals surface area contributed by atoms with Crippen LogP contribution in [0.2, 0.25) is 0 Å². The van der Waals surface area contributed by atoms with Crippen molar-refractivity contribution in [2.24, 2.45) is 0 Å². The summed E-state index contributed by atoms with van der Waals surface area (Å²) in [5, 5.41) is 13.9. The van der Waals surface area contributed by atoms with Crippen LogP contribution in [0.25, 0.3) is 11.1 Å². The Morgan fingerprint density at radius 1 is 0.935 bits per heavy atom. The lowest BCUT2D eigenvalue weighted by Crippen LogP contribution is -2.27. The first kappa shape index (κ1) is 21.5. The van der Waals surface area contributed by atoms with Crippen LogP contribution in [0.1, 0.15) is 29.0 Å². The highest BCUT2D eigenvalue weighted by molar-refractivity contribution is 9.10. The van der Waals surface area contributed by atoms with Gasteiger partial charge >= 0.3 is 6.16 Å². The van der Waals surface area contributed by atoms with Crippen LogP contribution < -0.4 is 4.72 Å². The van der Waals surface area contributed by atoms with Crippen LogP contribution in [0.3, 0.4) is 0 Å². The van der Waals surface area contributed by atoms with E-state index in [4.69, 9.17) is 15.0 Å². The molecule has 0 aromatic heterocycles. The molecule has 0 radical (unpaired) electrons. The first-order valence-corrected chi connectivity index (χ1v) is 11.9. The van der Waals surface area contributed by atoms with Crippen molar-refractivity contribution in [3.8, 4) is 11.1 Å². The molecule has 6 nitrogen and oxygen atoms in total. The van der Waals surface area contributed by atoms with Gasteiger partial charge in [0.05, 0.1) is 4.90 Å². The van der Waals surface area contributed by atoms with E-state index in [2.05, 4.69) is 44.9 Å². The molecule has 0 saturated heterocycles. The molecule has 31 heavy (non-hydrogen) atoms. The molecule has 5 rings (SSSR count). The van der Waals surface area contributed by atoms with Crippen molar-refractivity contribution in [2.45, 2.75) is 29.7 Å². The maximum Gasteiger partial charge on any atom is 0.503 e.